The van der Waals surface area contributed by atoms with Gasteiger partial charge in [0.05, 0.1) is 18.5 Å². The monoisotopic (exact) mass is 486 g/mol. The van der Waals surface area contributed by atoms with E-state index in [1.54, 1.807) is 18.2 Å². The first kappa shape index (κ1) is 22.0. The fourth-order valence-corrected chi connectivity index (χ4v) is 4.82. The Morgan fingerprint density at radius 2 is 2.00 bits per heavy atom. The van der Waals surface area contributed by atoms with Crippen LogP contribution in [-0.4, -0.2) is 56.2 Å². The maximum Gasteiger partial charge on any atom is 0.273 e. The number of carbonyl (C=O) groups is 4. The highest BCUT2D eigenvalue weighted by Gasteiger charge is 2.39. The van der Waals surface area contributed by atoms with Crippen molar-refractivity contribution < 1.29 is 23.9 Å². The fourth-order valence-electron chi connectivity index (χ4n) is 4.82. The summed E-state index contributed by atoms with van der Waals surface area (Å²) in [4.78, 5) is 50.7. The molecular weight excluding hydrogens is 464 g/mol. The van der Waals surface area contributed by atoms with Crippen molar-refractivity contribution in [3.63, 3.8) is 0 Å². The number of aromatic nitrogens is 3. The third-order valence-electron chi connectivity index (χ3n) is 6.70. The number of amides is 4. The largest absolute Gasteiger partial charge is 0.493 e. The number of piperidine rings is 1. The van der Waals surface area contributed by atoms with Gasteiger partial charge < -0.3 is 15.0 Å². The number of benzene rings is 2. The molecule has 4 heterocycles. The molecule has 0 bridgehead atoms. The molecular formula is C25H22N6O5. The van der Waals surface area contributed by atoms with Crippen LogP contribution < -0.4 is 15.4 Å². The van der Waals surface area contributed by atoms with Crippen molar-refractivity contribution in [2.45, 2.75) is 38.4 Å². The van der Waals surface area contributed by atoms with Crippen molar-refractivity contribution in [2.24, 2.45) is 0 Å². The number of ether oxygens (including phenoxy) is 1. The second kappa shape index (κ2) is 8.59. The van der Waals surface area contributed by atoms with Gasteiger partial charge in [0.2, 0.25) is 11.8 Å². The Morgan fingerprint density at radius 3 is 2.86 bits per heavy atom. The van der Waals surface area contributed by atoms with Gasteiger partial charge in [0.15, 0.2) is 5.69 Å². The van der Waals surface area contributed by atoms with Gasteiger partial charge in [-0.15, -0.1) is 5.10 Å². The molecule has 1 saturated heterocycles. The molecule has 1 atom stereocenters. The lowest BCUT2D eigenvalue weighted by Crippen LogP contribution is -2.52. The normalized spacial score (nSPS) is 18.5. The number of hydrogen-bond donors (Lipinski definition) is 2. The number of hydrogen-bond acceptors (Lipinski definition) is 7. The summed E-state index contributed by atoms with van der Waals surface area (Å²) in [5.41, 5.74) is 4.16. The third-order valence-corrected chi connectivity index (χ3v) is 6.70. The Kier molecular flexibility index (Phi) is 5.24. The molecule has 6 rings (SSSR count). The smallest absolute Gasteiger partial charge is 0.273 e. The van der Waals surface area contributed by atoms with Crippen molar-refractivity contribution in [3.05, 3.63) is 70.5 Å². The molecule has 36 heavy (non-hydrogen) atoms. The topological polar surface area (TPSA) is 136 Å². The number of imide groups is 1. The predicted molar refractivity (Wildman–Crippen MR) is 124 cm³/mol. The lowest BCUT2D eigenvalue weighted by atomic mass is 10.0. The highest BCUT2D eigenvalue weighted by atomic mass is 16.5. The average molecular weight is 486 g/mol. The molecule has 11 nitrogen and oxygen atoms in total. The van der Waals surface area contributed by atoms with E-state index < -0.39 is 11.9 Å². The summed E-state index contributed by atoms with van der Waals surface area (Å²) in [5.74, 6) is -0.478. The van der Waals surface area contributed by atoms with E-state index in [0.29, 0.717) is 30.8 Å². The minimum atomic E-state index is -0.675. The Bertz CT molecular complexity index is 1430. The van der Waals surface area contributed by atoms with Crippen LogP contribution in [0.25, 0.3) is 5.69 Å². The predicted octanol–water partition coefficient (Wildman–Crippen LogP) is 0.893. The van der Waals surface area contributed by atoms with Gasteiger partial charge in [0, 0.05) is 31.5 Å². The summed E-state index contributed by atoms with van der Waals surface area (Å²) in [6, 6.07) is 10.4. The van der Waals surface area contributed by atoms with Crippen LogP contribution in [0.2, 0.25) is 0 Å². The molecule has 182 valence electrons. The van der Waals surface area contributed by atoms with Crippen LogP contribution in [0.5, 0.6) is 5.75 Å². The van der Waals surface area contributed by atoms with Crippen LogP contribution >= 0.6 is 0 Å². The van der Waals surface area contributed by atoms with Gasteiger partial charge in [-0.05, 0) is 47.4 Å². The number of rotatable bonds is 5. The van der Waals surface area contributed by atoms with Crippen molar-refractivity contribution in [2.75, 3.05) is 6.61 Å². The molecule has 1 unspecified atom stereocenters. The number of carbonyl (C=O) groups excluding carboxylic acids is 4. The zero-order valence-electron chi connectivity index (χ0n) is 19.2. The standard InChI is InChI=1S/C25H22N6O5/c32-22-6-4-20(24(34)27-22)30-12-16-10-17(2-3-18(16)25(30)35)31-13-19(28-29-31)23(33)26-11-14-1-5-21-15(9-14)7-8-36-21/h1-3,5,9-10,13,20H,4,6-8,11-12H2,(H,26,33)(H,27,32,34). The number of nitrogens with one attached hydrogen (secondary N) is 2. The fraction of sp³-hybridized carbons (Fsp3) is 0.280. The van der Waals surface area contributed by atoms with E-state index >= 15 is 0 Å². The first-order chi connectivity index (χ1) is 17.5. The summed E-state index contributed by atoms with van der Waals surface area (Å²) in [7, 11) is 0. The minimum absolute atomic E-state index is 0.168. The van der Waals surface area contributed by atoms with E-state index in [2.05, 4.69) is 20.9 Å². The summed E-state index contributed by atoms with van der Waals surface area (Å²) < 4.78 is 6.99. The Balaban J connectivity index is 1.14. The van der Waals surface area contributed by atoms with Crippen molar-refractivity contribution >= 4 is 23.6 Å². The van der Waals surface area contributed by atoms with Gasteiger partial charge in [-0.3, -0.25) is 24.5 Å². The zero-order valence-corrected chi connectivity index (χ0v) is 19.2. The second-order valence-corrected chi connectivity index (χ2v) is 9.01. The van der Waals surface area contributed by atoms with E-state index in [4.69, 9.17) is 4.74 Å². The van der Waals surface area contributed by atoms with Crippen LogP contribution in [0.15, 0.2) is 42.6 Å². The molecule has 3 aliphatic heterocycles. The molecule has 3 aliphatic rings. The SMILES string of the molecule is O=C1CCC(N2Cc3cc(-n4cc(C(=O)NCc5ccc6c(c5)CCO6)nn4)ccc3C2=O)C(=O)N1. The van der Waals surface area contributed by atoms with Crippen LogP contribution in [0.4, 0.5) is 0 Å². The van der Waals surface area contributed by atoms with Crippen LogP contribution in [0.1, 0.15) is 50.4 Å². The molecule has 2 aromatic carbocycles. The minimum Gasteiger partial charge on any atom is -0.493 e. The zero-order chi connectivity index (χ0) is 24.8. The first-order valence-electron chi connectivity index (χ1n) is 11.7. The quantitative estimate of drug-likeness (QED) is 0.512. The summed E-state index contributed by atoms with van der Waals surface area (Å²) >= 11 is 0. The van der Waals surface area contributed by atoms with Gasteiger partial charge in [-0.1, -0.05) is 17.3 Å². The third kappa shape index (κ3) is 3.88. The van der Waals surface area contributed by atoms with Crippen molar-refractivity contribution in [1.82, 2.24) is 30.5 Å². The van der Waals surface area contributed by atoms with E-state index in [-0.39, 0.29) is 36.4 Å². The number of nitrogens with zero attached hydrogens (tertiary/aromatic N) is 4. The van der Waals surface area contributed by atoms with E-state index in [1.165, 1.54) is 15.8 Å². The van der Waals surface area contributed by atoms with E-state index in [0.717, 1.165) is 28.9 Å². The number of fused-ring (bicyclic) bond motifs is 2. The summed E-state index contributed by atoms with van der Waals surface area (Å²) in [5, 5.41) is 13.2. The summed E-state index contributed by atoms with van der Waals surface area (Å²) in [6.07, 6.45) is 2.90. The maximum absolute atomic E-state index is 12.9. The molecule has 0 radical (unpaired) electrons. The average Bonchev–Trinajstić information content (AvgIpc) is 3.61. The Labute approximate surface area is 205 Å². The molecule has 1 fully saturated rings. The van der Waals surface area contributed by atoms with Crippen molar-refractivity contribution in [3.8, 4) is 11.4 Å². The Hall–Kier alpha value is -4.54. The Morgan fingerprint density at radius 1 is 1.11 bits per heavy atom. The maximum atomic E-state index is 12.9. The van der Waals surface area contributed by atoms with Gasteiger partial charge >= 0.3 is 0 Å². The molecule has 2 N–H and O–H groups in total. The molecule has 0 spiro atoms. The van der Waals surface area contributed by atoms with Gasteiger partial charge in [-0.25, -0.2) is 4.68 Å². The summed E-state index contributed by atoms with van der Waals surface area (Å²) in [6.45, 7) is 1.29. The lowest BCUT2D eigenvalue weighted by molar-refractivity contribution is -0.136. The van der Waals surface area contributed by atoms with E-state index in [9.17, 15) is 19.2 Å². The van der Waals surface area contributed by atoms with Crippen molar-refractivity contribution in [1.29, 1.82) is 0 Å². The van der Waals surface area contributed by atoms with Gasteiger partial charge in [-0.2, -0.15) is 0 Å². The van der Waals surface area contributed by atoms with E-state index in [1.807, 2.05) is 18.2 Å². The highest BCUT2D eigenvalue weighted by Crippen LogP contribution is 2.29. The molecule has 3 aromatic rings. The van der Waals surface area contributed by atoms with Crippen LogP contribution in [0, 0.1) is 0 Å². The lowest BCUT2D eigenvalue weighted by Gasteiger charge is -2.29. The molecule has 4 amide bonds. The first-order valence-corrected chi connectivity index (χ1v) is 11.7. The van der Waals surface area contributed by atoms with Gasteiger partial charge in [0.25, 0.3) is 11.8 Å². The molecule has 0 saturated carbocycles. The molecule has 11 heteroatoms. The van der Waals surface area contributed by atoms with Crippen LogP contribution in [0.3, 0.4) is 0 Å². The molecule has 0 aliphatic carbocycles. The molecule has 1 aromatic heterocycles. The van der Waals surface area contributed by atoms with Crippen LogP contribution in [-0.2, 0) is 29.1 Å². The second-order valence-electron chi connectivity index (χ2n) is 9.01. The van der Waals surface area contributed by atoms with Gasteiger partial charge in [0.1, 0.15) is 11.8 Å². The highest BCUT2D eigenvalue weighted by molar-refractivity contribution is 6.05.